The highest BCUT2D eigenvalue weighted by Gasteiger charge is 2.41. The van der Waals surface area contributed by atoms with E-state index in [1.807, 2.05) is 36.9 Å². The summed E-state index contributed by atoms with van der Waals surface area (Å²) in [6, 6.07) is 14.0. The van der Waals surface area contributed by atoms with Crippen molar-refractivity contribution in [2.45, 2.75) is 108 Å². The summed E-state index contributed by atoms with van der Waals surface area (Å²) < 4.78 is 31.4. The molecule has 70 heavy (non-hydrogen) atoms. The number of aromatic nitrogens is 2. The molecule has 0 radical (unpaired) electrons. The highest BCUT2D eigenvalue weighted by atomic mass is 35.5. The molecular formula is C53H65ClN8O7S. The van der Waals surface area contributed by atoms with E-state index in [2.05, 4.69) is 26.5 Å². The molecule has 2 saturated carbocycles. The minimum Gasteiger partial charge on any atom is -0.496 e. The number of piperidine rings is 1. The first-order valence-electron chi connectivity index (χ1n) is 25.4. The lowest BCUT2D eigenvalue weighted by Gasteiger charge is -2.47. The fourth-order valence-electron chi connectivity index (χ4n) is 12.5. The van der Waals surface area contributed by atoms with E-state index in [0.717, 1.165) is 105 Å². The Kier molecular flexibility index (Phi) is 13.6. The first kappa shape index (κ1) is 48.3. The van der Waals surface area contributed by atoms with Crippen LogP contribution >= 0.6 is 11.6 Å². The van der Waals surface area contributed by atoms with E-state index in [1.165, 1.54) is 30.6 Å². The van der Waals surface area contributed by atoms with Gasteiger partial charge in [-0.2, -0.15) is 0 Å². The Labute approximate surface area is 416 Å². The number of amides is 5. The molecule has 5 amide bonds. The lowest BCUT2D eigenvalue weighted by atomic mass is 9.65. The second-order valence-corrected chi connectivity index (χ2v) is 23.3. The largest absolute Gasteiger partial charge is 0.496 e. The van der Waals surface area contributed by atoms with Crippen molar-refractivity contribution in [3.63, 3.8) is 0 Å². The number of nitrogens with one attached hydrogen (secondary N) is 2. The van der Waals surface area contributed by atoms with Gasteiger partial charge >= 0.3 is 6.03 Å². The molecule has 17 heteroatoms. The van der Waals surface area contributed by atoms with Crippen molar-refractivity contribution >= 4 is 67.6 Å². The molecule has 6 aliphatic rings. The number of rotatable bonds is 10. The standard InChI is InChI=1S/C53H65ClN8O7S/c1-33(39-5-4-6-47-40(39)16-28-70(47,67)68)55-49-42-30-41(46(69-3)31-44(42)56-34(2)57-49)36-7-9-37(10-8-36)50(64)61-26-24-59(25-27-61)32-35-13-17-53(18-14-35)19-22-60(23-20-53)51(65)38-11-12-43(54)45(29-38)62-21-15-48(63)58-52(62)66/h4-6,11-12,29-31,33,35-37H,7-10,13-28,32H2,1-3H3,(H,55,56,57)(H,58,63,66)/t33-,36?,37?/m1/s1. The van der Waals surface area contributed by atoms with Crippen LogP contribution in [0.25, 0.3) is 10.9 Å². The number of sulfone groups is 1. The van der Waals surface area contributed by atoms with Crippen LogP contribution in [0.3, 0.4) is 0 Å². The van der Waals surface area contributed by atoms with Gasteiger partial charge in [-0.3, -0.25) is 29.5 Å². The number of carbonyl (C=O) groups is 4. The molecule has 0 unspecified atom stereocenters. The number of urea groups is 1. The Morgan fingerprint density at radius 2 is 1.63 bits per heavy atom. The number of likely N-dealkylation sites (tertiary alicyclic amines) is 1. The number of benzene rings is 3. The van der Waals surface area contributed by atoms with Crippen LogP contribution in [0.4, 0.5) is 16.3 Å². The van der Waals surface area contributed by atoms with Crippen LogP contribution in [0.2, 0.25) is 5.02 Å². The Balaban J connectivity index is 0.686. The zero-order valence-electron chi connectivity index (χ0n) is 40.6. The molecule has 3 aromatic carbocycles. The number of piperazine rings is 1. The number of ether oxygens (including phenoxy) is 1. The highest BCUT2D eigenvalue weighted by Crippen LogP contribution is 2.47. The number of carbonyl (C=O) groups excluding carboxylic acids is 4. The van der Waals surface area contributed by atoms with Crippen molar-refractivity contribution in [3.05, 3.63) is 81.6 Å². The van der Waals surface area contributed by atoms with Crippen LogP contribution < -0.4 is 20.3 Å². The third-order valence-electron chi connectivity index (χ3n) is 16.6. The number of halogens is 1. The van der Waals surface area contributed by atoms with Crippen LogP contribution in [-0.2, 0) is 25.8 Å². The fraction of sp³-hybridized carbons (Fsp3) is 0.547. The summed E-state index contributed by atoms with van der Waals surface area (Å²) in [6.07, 6.45) is 10.8. The molecule has 1 atom stereocenters. The molecule has 1 aromatic heterocycles. The molecule has 1 spiro atoms. The number of hydrogen-bond donors (Lipinski definition) is 2. The third kappa shape index (κ3) is 9.71. The number of aryl methyl sites for hydroxylation is 1. The molecule has 4 aliphatic heterocycles. The molecule has 10 rings (SSSR count). The summed E-state index contributed by atoms with van der Waals surface area (Å²) in [5.74, 6) is 3.08. The maximum absolute atomic E-state index is 14.0. The monoisotopic (exact) mass is 992 g/mol. The number of fused-ring (bicyclic) bond motifs is 2. The summed E-state index contributed by atoms with van der Waals surface area (Å²) in [6.45, 7) is 9.98. The van der Waals surface area contributed by atoms with Crippen LogP contribution in [-0.4, -0.2) is 122 Å². The van der Waals surface area contributed by atoms with Gasteiger partial charge in [-0.05, 0) is 149 Å². The van der Waals surface area contributed by atoms with Crippen LogP contribution in [0.5, 0.6) is 5.75 Å². The first-order valence-corrected chi connectivity index (χ1v) is 27.4. The molecule has 3 saturated heterocycles. The molecule has 2 aliphatic carbocycles. The average molecular weight is 994 g/mol. The summed E-state index contributed by atoms with van der Waals surface area (Å²) in [7, 11) is -1.55. The Morgan fingerprint density at radius 1 is 0.886 bits per heavy atom. The van der Waals surface area contributed by atoms with E-state index in [-0.39, 0.29) is 53.8 Å². The van der Waals surface area contributed by atoms with Crippen molar-refractivity contribution in [3.8, 4) is 5.75 Å². The smallest absolute Gasteiger partial charge is 0.328 e. The zero-order valence-corrected chi connectivity index (χ0v) is 42.2. The van der Waals surface area contributed by atoms with Crippen molar-refractivity contribution in [2.24, 2.45) is 17.3 Å². The van der Waals surface area contributed by atoms with Gasteiger partial charge in [0.2, 0.25) is 11.8 Å². The van der Waals surface area contributed by atoms with Crippen molar-refractivity contribution in [2.75, 3.05) is 75.4 Å². The van der Waals surface area contributed by atoms with E-state index in [1.54, 1.807) is 31.4 Å². The Hall–Kier alpha value is -5.32. The summed E-state index contributed by atoms with van der Waals surface area (Å²) in [5.41, 5.74) is 4.94. The van der Waals surface area contributed by atoms with Gasteiger partial charge in [-0.1, -0.05) is 23.7 Å². The first-order chi connectivity index (χ1) is 33.7. The minimum absolute atomic E-state index is 0.0190. The second kappa shape index (κ2) is 19.7. The highest BCUT2D eigenvalue weighted by molar-refractivity contribution is 7.91. The quantitative estimate of drug-likeness (QED) is 0.157. The predicted octanol–water partition coefficient (Wildman–Crippen LogP) is 8.08. The average Bonchev–Trinajstić information content (AvgIpc) is 3.68. The third-order valence-corrected chi connectivity index (χ3v) is 18.7. The normalized spacial score (nSPS) is 23.3. The number of methoxy groups -OCH3 is 1. The Morgan fingerprint density at radius 3 is 2.34 bits per heavy atom. The lowest BCUT2D eigenvalue weighted by Crippen LogP contribution is -2.52. The number of imide groups is 1. The summed E-state index contributed by atoms with van der Waals surface area (Å²) >= 11 is 6.45. The van der Waals surface area contributed by atoms with Crippen LogP contribution in [0.1, 0.15) is 122 Å². The molecule has 5 fully saturated rings. The topological polar surface area (TPSA) is 174 Å². The number of nitrogens with zero attached hydrogens (tertiary/aromatic N) is 6. The van der Waals surface area contributed by atoms with E-state index < -0.39 is 15.9 Å². The molecule has 4 aromatic rings. The minimum atomic E-state index is -3.25. The molecule has 0 bridgehead atoms. The van der Waals surface area contributed by atoms with E-state index >= 15 is 0 Å². The second-order valence-electron chi connectivity index (χ2n) is 20.8. The van der Waals surface area contributed by atoms with Crippen LogP contribution in [0, 0.1) is 24.2 Å². The fourth-order valence-corrected chi connectivity index (χ4v) is 14.3. The molecule has 2 N–H and O–H groups in total. The molecular weight excluding hydrogens is 928 g/mol. The van der Waals surface area contributed by atoms with Crippen molar-refractivity contribution in [1.82, 2.24) is 30.0 Å². The SMILES string of the molecule is COc1cc2nc(C)nc(N[C@H](C)c3cccc4c3CCS4(=O)=O)c2cc1C1CCC(C(=O)N2CCN(CC3CCC4(CC3)CCN(C(=O)c3ccc(Cl)c(N5CCC(=O)NC5=O)c3)CC4)CC2)CC1. The molecule has 5 heterocycles. The van der Waals surface area contributed by atoms with Gasteiger partial charge in [0.1, 0.15) is 17.4 Å². The van der Waals surface area contributed by atoms with Crippen molar-refractivity contribution in [1.29, 1.82) is 0 Å². The predicted molar refractivity (Wildman–Crippen MR) is 269 cm³/mol. The van der Waals surface area contributed by atoms with Crippen molar-refractivity contribution < 1.29 is 32.3 Å². The van der Waals surface area contributed by atoms with Gasteiger partial charge in [-0.25, -0.2) is 23.2 Å². The van der Waals surface area contributed by atoms with Gasteiger partial charge in [0.25, 0.3) is 5.91 Å². The van der Waals surface area contributed by atoms with E-state index in [9.17, 15) is 27.6 Å². The number of hydrogen-bond acceptors (Lipinski definition) is 11. The molecule has 372 valence electrons. The summed E-state index contributed by atoms with van der Waals surface area (Å²) in [5, 5.41) is 7.20. The van der Waals surface area contributed by atoms with E-state index in [0.29, 0.717) is 64.1 Å². The number of anilines is 2. The summed E-state index contributed by atoms with van der Waals surface area (Å²) in [4.78, 5) is 69.9. The maximum Gasteiger partial charge on any atom is 0.328 e. The molecule has 15 nitrogen and oxygen atoms in total. The van der Waals surface area contributed by atoms with Gasteiger partial charge in [0.05, 0.1) is 40.0 Å². The van der Waals surface area contributed by atoms with Gasteiger partial charge in [-0.15, -0.1) is 0 Å². The van der Waals surface area contributed by atoms with Crippen LogP contribution in [0.15, 0.2) is 53.4 Å². The van der Waals surface area contributed by atoms with E-state index in [4.69, 9.17) is 26.3 Å². The van der Waals surface area contributed by atoms with Gasteiger partial charge in [0, 0.05) is 81.7 Å². The van der Waals surface area contributed by atoms with Gasteiger partial charge < -0.3 is 19.9 Å². The lowest BCUT2D eigenvalue weighted by molar-refractivity contribution is -0.138. The maximum atomic E-state index is 14.0. The Bertz CT molecular complexity index is 2810. The zero-order chi connectivity index (χ0) is 48.9. The van der Waals surface area contributed by atoms with Gasteiger partial charge in [0.15, 0.2) is 9.84 Å².